The molecule has 2 radical (unpaired) electrons. The first-order valence-corrected chi connectivity index (χ1v) is 5.73. The number of alkyl halides is 5. The Kier molecular flexibility index (Phi) is 7.21. The van der Waals surface area contributed by atoms with Gasteiger partial charge in [0.2, 0.25) is 0 Å². The van der Waals surface area contributed by atoms with Crippen LogP contribution in [0.25, 0.3) is 0 Å². The van der Waals surface area contributed by atoms with Crippen molar-refractivity contribution in [1.29, 1.82) is 0 Å². The predicted molar refractivity (Wildman–Crippen MR) is 47.5 cm³/mol. The van der Waals surface area contributed by atoms with Gasteiger partial charge in [-0.25, -0.2) is 0 Å². The maximum atomic E-state index is 11.5. The molecule has 0 aromatic heterocycles. The van der Waals surface area contributed by atoms with E-state index >= 15 is 0 Å². The molecule has 0 spiro atoms. The van der Waals surface area contributed by atoms with Gasteiger partial charge in [-0.15, -0.1) is 23.2 Å². The van der Waals surface area contributed by atoms with Crippen LogP contribution in [0.1, 0.15) is 6.42 Å². The van der Waals surface area contributed by atoms with Crippen molar-refractivity contribution in [3.8, 4) is 0 Å². The van der Waals surface area contributed by atoms with E-state index < -0.39 is 17.2 Å². The van der Waals surface area contributed by atoms with Gasteiger partial charge in [-0.3, -0.25) is 0 Å². The minimum atomic E-state index is -4.23. The molecule has 0 fully saturated rings. The first-order chi connectivity index (χ1) is 5.92. The van der Waals surface area contributed by atoms with Crippen LogP contribution >= 0.6 is 23.2 Å². The quantitative estimate of drug-likeness (QED) is 0.402. The second-order valence-corrected chi connectivity index (χ2v) is 5.59. The van der Waals surface area contributed by atoms with Crippen LogP contribution in [0.15, 0.2) is 0 Å². The molecular formula is C6H9Cl2F3OSi. The lowest BCUT2D eigenvalue weighted by Crippen LogP contribution is -2.17. The summed E-state index contributed by atoms with van der Waals surface area (Å²) in [7, 11) is 0.356. The number of rotatable bonds is 6. The SMILES string of the molecule is FC(F)(F)COCCC[Si]C(Cl)Cl. The molecule has 0 heterocycles. The fraction of sp³-hybridized carbons (Fsp3) is 1.00. The highest BCUT2D eigenvalue weighted by molar-refractivity contribution is 6.68. The van der Waals surface area contributed by atoms with E-state index in [1.165, 1.54) is 0 Å². The average Bonchev–Trinajstić information content (AvgIpc) is 1.93. The van der Waals surface area contributed by atoms with Crippen molar-refractivity contribution in [2.45, 2.75) is 23.1 Å². The molecule has 0 rings (SSSR count). The molecule has 0 bridgehead atoms. The van der Waals surface area contributed by atoms with E-state index in [1.54, 1.807) is 0 Å². The van der Waals surface area contributed by atoms with E-state index in [9.17, 15) is 13.2 Å². The highest BCUT2D eigenvalue weighted by Crippen LogP contribution is 2.14. The van der Waals surface area contributed by atoms with Crippen molar-refractivity contribution in [2.24, 2.45) is 0 Å². The lowest BCUT2D eigenvalue weighted by molar-refractivity contribution is -0.173. The van der Waals surface area contributed by atoms with Crippen LogP contribution in [0.4, 0.5) is 13.2 Å². The molecule has 0 aromatic rings. The van der Waals surface area contributed by atoms with Crippen LogP contribution in [-0.4, -0.2) is 33.4 Å². The molecule has 0 unspecified atom stereocenters. The molecule has 0 aliphatic rings. The Morgan fingerprint density at radius 1 is 1.31 bits per heavy atom. The van der Waals surface area contributed by atoms with Gasteiger partial charge in [0.1, 0.15) is 6.61 Å². The average molecular weight is 253 g/mol. The minimum absolute atomic E-state index is 0.104. The van der Waals surface area contributed by atoms with Crippen molar-refractivity contribution < 1.29 is 17.9 Å². The zero-order chi connectivity index (χ0) is 10.3. The number of hydrogen-bond acceptors (Lipinski definition) is 1. The topological polar surface area (TPSA) is 9.23 Å². The zero-order valence-electron chi connectivity index (χ0n) is 6.70. The number of hydrogen-bond donors (Lipinski definition) is 0. The molecule has 0 amide bonds. The molecule has 78 valence electrons. The Balaban J connectivity index is 3.09. The van der Waals surface area contributed by atoms with Gasteiger partial charge in [0, 0.05) is 6.61 Å². The molecule has 1 nitrogen and oxygen atoms in total. The maximum absolute atomic E-state index is 11.5. The van der Waals surface area contributed by atoms with Gasteiger partial charge in [0.05, 0.1) is 14.0 Å². The molecule has 0 aliphatic heterocycles. The Morgan fingerprint density at radius 3 is 2.38 bits per heavy atom. The first-order valence-electron chi connectivity index (χ1n) is 3.58. The largest absolute Gasteiger partial charge is 0.411 e. The molecule has 0 aliphatic carbocycles. The summed E-state index contributed by atoms with van der Waals surface area (Å²) in [6.07, 6.45) is -3.67. The third kappa shape index (κ3) is 12.5. The Labute approximate surface area is 87.4 Å². The van der Waals surface area contributed by atoms with Gasteiger partial charge < -0.3 is 4.74 Å². The molecule has 0 saturated heterocycles. The number of halogens is 5. The molecule has 0 atom stereocenters. The van der Waals surface area contributed by atoms with Crippen molar-refractivity contribution in [3.63, 3.8) is 0 Å². The Bertz CT molecular complexity index is 132. The standard InChI is InChI=1S/C6H9Cl2F3OSi/c7-5(8)13-3-1-2-12-4-6(9,10)11/h5H,1-4H2. The summed E-state index contributed by atoms with van der Waals surface area (Å²) in [6.45, 7) is -1.08. The van der Waals surface area contributed by atoms with Gasteiger partial charge in [0.15, 0.2) is 0 Å². The Morgan fingerprint density at radius 2 is 1.92 bits per heavy atom. The molecule has 7 heteroatoms. The first kappa shape index (κ1) is 13.5. The lowest BCUT2D eigenvalue weighted by atomic mass is 10.5. The normalized spacial score (nSPS) is 12.5. The lowest BCUT2D eigenvalue weighted by Gasteiger charge is -2.06. The number of ether oxygens (including phenoxy) is 1. The van der Waals surface area contributed by atoms with Crippen molar-refractivity contribution in [1.82, 2.24) is 0 Å². The van der Waals surface area contributed by atoms with Gasteiger partial charge in [-0.1, -0.05) is 6.04 Å². The molecule has 13 heavy (non-hydrogen) atoms. The van der Waals surface area contributed by atoms with Crippen LogP contribution < -0.4 is 0 Å². The molecule has 0 N–H and O–H groups in total. The van der Waals surface area contributed by atoms with Gasteiger partial charge in [0.25, 0.3) is 0 Å². The third-order valence-electron chi connectivity index (χ3n) is 1.03. The third-order valence-corrected chi connectivity index (χ3v) is 2.91. The Hall–Kier alpha value is 0.547. The second kappa shape index (κ2) is 6.92. The van der Waals surface area contributed by atoms with Crippen LogP contribution in [-0.2, 0) is 4.74 Å². The summed E-state index contributed by atoms with van der Waals surface area (Å²) in [6, 6.07) is 0.704. The van der Waals surface area contributed by atoms with Crippen molar-refractivity contribution >= 4 is 32.7 Å². The van der Waals surface area contributed by atoms with Crippen LogP contribution in [0.3, 0.4) is 0 Å². The van der Waals surface area contributed by atoms with E-state index in [1.807, 2.05) is 0 Å². The molecule has 0 aromatic carbocycles. The van der Waals surface area contributed by atoms with Crippen LogP contribution in [0, 0.1) is 0 Å². The molecular weight excluding hydrogens is 244 g/mol. The van der Waals surface area contributed by atoms with Crippen molar-refractivity contribution in [3.05, 3.63) is 0 Å². The smallest absolute Gasteiger partial charge is 0.372 e. The zero-order valence-corrected chi connectivity index (χ0v) is 9.22. The van der Waals surface area contributed by atoms with Crippen molar-refractivity contribution in [2.75, 3.05) is 13.2 Å². The fourth-order valence-corrected chi connectivity index (χ4v) is 1.79. The summed E-state index contributed by atoms with van der Waals surface area (Å²) < 4.78 is 38.5. The second-order valence-electron chi connectivity index (χ2n) is 2.28. The molecule has 0 saturated carbocycles. The highest BCUT2D eigenvalue weighted by atomic mass is 35.5. The van der Waals surface area contributed by atoms with E-state index in [4.69, 9.17) is 23.2 Å². The van der Waals surface area contributed by atoms with E-state index in [0.717, 1.165) is 0 Å². The van der Waals surface area contributed by atoms with E-state index in [2.05, 4.69) is 4.74 Å². The minimum Gasteiger partial charge on any atom is -0.372 e. The highest BCUT2D eigenvalue weighted by Gasteiger charge is 2.27. The van der Waals surface area contributed by atoms with E-state index in [0.29, 0.717) is 22.0 Å². The summed E-state index contributed by atoms with van der Waals surface area (Å²) in [5.41, 5.74) is 0. The summed E-state index contributed by atoms with van der Waals surface area (Å²) in [5, 5.41) is 0. The van der Waals surface area contributed by atoms with Gasteiger partial charge >= 0.3 is 6.18 Å². The van der Waals surface area contributed by atoms with Crippen LogP contribution in [0.5, 0.6) is 0 Å². The van der Waals surface area contributed by atoms with E-state index in [-0.39, 0.29) is 6.61 Å². The predicted octanol–water partition coefficient (Wildman–Crippen LogP) is 2.84. The van der Waals surface area contributed by atoms with Gasteiger partial charge in [-0.2, -0.15) is 13.2 Å². The monoisotopic (exact) mass is 252 g/mol. The summed E-state index contributed by atoms with van der Waals surface area (Å²) in [4.78, 5) is 0. The fourth-order valence-electron chi connectivity index (χ4n) is 0.573. The summed E-state index contributed by atoms with van der Waals surface area (Å²) >= 11 is 10.8. The summed E-state index contributed by atoms with van der Waals surface area (Å²) in [5.74, 6) is 0. The van der Waals surface area contributed by atoms with Gasteiger partial charge in [-0.05, 0) is 6.42 Å². The maximum Gasteiger partial charge on any atom is 0.411 e. The van der Waals surface area contributed by atoms with Crippen LogP contribution in [0.2, 0.25) is 6.04 Å².